The predicted molar refractivity (Wildman–Crippen MR) is 33.6 cm³/mol. The van der Waals surface area contributed by atoms with E-state index in [1.54, 1.807) is 0 Å². The summed E-state index contributed by atoms with van der Waals surface area (Å²) in [6.07, 6.45) is 0.329. The van der Waals surface area contributed by atoms with Gasteiger partial charge in [0, 0.05) is 0 Å². The number of hydrogen-bond donors (Lipinski definition) is 0. The smallest absolute Gasteiger partial charge is 0.234 e. The monoisotopic (exact) mass is 119 g/mol. The molecule has 0 rings (SSSR count). The van der Waals surface area contributed by atoms with Crippen molar-refractivity contribution in [2.45, 2.75) is 39.9 Å². The molecule has 0 atom stereocenters. The van der Waals surface area contributed by atoms with E-state index in [1.165, 1.54) is 0 Å². The molecule has 0 unspecified atom stereocenters. The third-order valence-electron chi connectivity index (χ3n) is 0.440. The van der Waals surface area contributed by atoms with E-state index in [0.717, 1.165) is 0 Å². The van der Waals surface area contributed by atoms with Crippen LogP contribution < -0.4 is 0 Å². The van der Waals surface area contributed by atoms with E-state index in [4.69, 9.17) is 9.78 Å². The van der Waals surface area contributed by atoms with Crippen molar-refractivity contribution in [3.05, 3.63) is 0 Å². The second-order valence-electron chi connectivity index (χ2n) is 2.29. The van der Waals surface area contributed by atoms with Crippen molar-refractivity contribution < 1.29 is 11.2 Å². The lowest BCUT2D eigenvalue weighted by molar-refractivity contribution is -0.337. The fourth-order valence-electron chi connectivity index (χ4n) is 0.222. The molecular weight excluding hydrogens is 104 g/mol. The van der Waals surface area contributed by atoms with Crippen molar-refractivity contribution in [1.82, 2.24) is 0 Å². The van der Waals surface area contributed by atoms with Gasteiger partial charge in [-0.25, -0.2) is 9.78 Å². The average Bonchev–Trinajstić information content (AvgIpc) is 1.61. The molecule has 0 aliphatic carbocycles. The Morgan fingerprint density at radius 1 is 0.875 bits per heavy atom. The molecule has 0 amide bonds. The zero-order chi connectivity index (χ0) is 6.57. The van der Waals surface area contributed by atoms with Crippen LogP contribution in [0.3, 0.4) is 0 Å². The fourth-order valence-corrected chi connectivity index (χ4v) is 0.222. The molecule has 2 nitrogen and oxygen atoms in total. The van der Waals surface area contributed by atoms with Gasteiger partial charge in [-0.05, 0) is 27.7 Å². The van der Waals surface area contributed by atoms with Crippen LogP contribution in [0.15, 0.2) is 0 Å². The maximum Gasteiger partial charge on any atom is 1.00 e. The van der Waals surface area contributed by atoms with E-state index in [9.17, 15) is 0 Å². The SMILES string of the molecule is CC(C)OOC(C)C.[H+]. The first-order valence-electron chi connectivity index (χ1n) is 2.95. The van der Waals surface area contributed by atoms with Gasteiger partial charge >= 0.3 is 1.43 Å². The van der Waals surface area contributed by atoms with E-state index in [1.807, 2.05) is 27.7 Å². The van der Waals surface area contributed by atoms with Gasteiger partial charge in [0.25, 0.3) is 0 Å². The zero-order valence-electron chi connectivity index (χ0n) is 6.97. The zero-order valence-corrected chi connectivity index (χ0v) is 5.97. The molecule has 0 aliphatic rings. The Labute approximate surface area is 52.2 Å². The summed E-state index contributed by atoms with van der Waals surface area (Å²) < 4.78 is 0. The van der Waals surface area contributed by atoms with Crippen molar-refractivity contribution in [2.75, 3.05) is 0 Å². The van der Waals surface area contributed by atoms with Crippen LogP contribution in [0.1, 0.15) is 29.1 Å². The molecule has 50 valence electrons. The lowest BCUT2D eigenvalue weighted by Gasteiger charge is -2.08. The van der Waals surface area contributed by atoms with Crippen LogP contribution in [0.4, 0.5) is 0 Å². The first-order chi connectivity index (χ1) is 3.63. The summed E-state index contributed by atoms with van der Waals surface area (Å²) in [5.41, 5.74) is 0. The van der Waals surface area contributed by atoms with Gasteiger partial charge in [-0.3, -0.25) is 0 Å². The Bertz CT molecular complexity index is 47.0. The van der Waals surface area contributed by atoms with Gasteiger partial charge in [-0.15, -0.1) is 0 Å². The van der Waals surface area contributed by atoms with Crippen molar-refractivity contribution in [1.29, 1.82) is 0 Å². The average molecular weight is 119 g/mol. The van der Waals surface area contributed by atoms with Crippen LogP contribution in [0.2, 0.25) is 0 Å². The summed E-state index contributed by atoms with van der Waals surface area (Å²) in [5.74, 6) is 0. The van der Waals surface area contributed by atoms with E-state index in [2.05, 4.69) is 0 Å². The van der Waals surface area contributed by atoms with Gasteiger partial charge in [0.05, 0.1) is 12.2 Å². The lowest BCUT2D eigenvalue weighted by Crippen LogP contribution is -2.08. The van der Waals surface area contributed by atoms with Crippen LogP contribution in [0.25, 0.3) is 0 Å². The summed E-state index contributed by atoms with van der Waals surface area (Å²) in [7, 11) is 0. The molecule has 2 heteroatoms. The third kappa shape index (κ3) is 5.92. The fraction of sp³-hybridized carbons (Fsp3) is 1.00. The van der Waals surface area contributed by atoms with Crippen LogP contribution in [-0.4, -0.2) is 12.2 Å². The minimum Gasteiger partial charge on any atom is -0.234 e. The molecule has 0 aliphatic heterocycles. The maximum absolute atomic E-state index is 4.80. The highest BCUT2D eigenvalue weighted by atomic mass is 17.2. The normalized spacial score (nSPS) is 11.2. The third-order valence-corrected chi connectivity index (χ3v) is 0.440. The quantitative estimate of drug-likeness (QED) is 0.417. The van der Waals surface area contributed by atoms with Gasteiger partial charge in [-0.1, -0.05) is 0 Å². The minimum absolute atomic E-state index is 0. The number of hydrogen-bond acceptors (Lipinski definition) is 2. The van der Waals surface area contributed by atoms with Gasteiger partial charge in [-0.2, -0.15) is 0 Å². The van der Waals surface area contributed by atoms with Gasteiger partial charge < -0.3 is 0 Å². The molecule has 0 bridgehead atoms. The van der Waals surface area contributed by atoms with Gasteiger partial charge in [0.1, 0.15) is 0 Å². The summed E-state index contributed by atoms with van der Waals surface area (Å²) in [6.45, 7) is 7.73. The molecule has 8 heavy (non-hydrogen) atoms. The Morgan fingerprint density at radius 2 is 1.12 bits per heavy atom. The van der Waals surface area contributed by atoms with Crippen LogP contribution in [0.5, 0.6) is 0 Å². The molecule has 0 aromatic heterocycles. The van der Waals surface area contributed by atoms with Crippen molar-refractivity contribution in [3.8, 4) is 0 Å². The summed E-state index contributed by atoms with van der Waals surface area (Å²) >= 11 is 0. The molecular formula is C6H15O2+. The molecule has 0 spiro atoms. The maximum atomic E-state index is 4.80. The summed E-state index contributed by atoms with van der Waals surface area (Å²) in [6, 6.07) is 0. The second-order valence-corrected chi connectivity index (χ2v) is 2.29. The van der Waals surface area contributed by atoms with Crippen LogP contribution in [0, 0.1) is 0 Å². The van der Waals surface area contributed by atoms with Crippen LogP contribution >= 0.6 is 0 Å². The predicted octanol–water partition coefficient (Wildman–Crippen LogP) is 1.86. The first-order valence-corrected chi connectivity index (χ1v) is 2.95. The van der Waals surface area contributed by atoms with Crippen molar-refractivity contribution in [3.63, 3.8) is 0 Å². The molecule has 0 saturated carbocycles. The molecule has 0 aromatic carbocycles. The van der Waals surface area contributed by atoms with E-state index in [0.29, 0.717) is 0 Å². The molecule has 0 radical (unpaired) electrons. The molecule has 0 N–H and O–H groups in total. The molecule has 0 heterocycles. The topological polar surface area (TPSA) is 18.5 Å². The first kappa shape index (κ1) is 7.92. The van der Waals surface area contributed by atoms with Gasteiger partial charge in [0.15, 0.2) is 0 Å². The Hall–Kier alpha value is -0.0800. The Balaban J connectivity index is 0. The van der Waals surface area contributed by atoms with Crippen molar-refractivity contribution >= 4 is 0 Å². The van der Waals surface area contributed by atoms with E-state index < -0.39 is 0 Å². The minimum atomic E-state index is 0. The Kier molecular flexibility index (Phi) is 3.83. The summed E-state index contributed by atoms with van der Waals surface area (Å²) in [5, 5.41) is 0. The highest BCUT2D eigenvalue weighted by molar-refractivity contribution is 4.30. The standard InChI is InChI=1S/C6H14O2/c1-5(2)7-8-6(3)4/h5-6H,1-4H3/p+1. The Morgan fingerprint density at radius 3 is 1.25 bits per heavy atom. The molecule has 0 saturated heterocycles. The lowest BCUT2D eigenvalue weighted by atomic mass is 10.5. The number of rotatable bonds is 3. The van der Waals surface area contributed by atoms with Crippen LogP contribution in [-0.2, 0) is 9.78 Å². The molecule has 0 fully saturated rings. The second kappa shape index (κ2) is 3.87. The van der Waals surface area contributed by atoms with E-state index in [-0.39, 0.29) is 13.6 Å². The highest BCUT2D eigenvalue weighted by Gasteiger charge is 1.95. The highest BCUT2D eigenvalue weighted by Crippen LogP contribution is 1.93. The van der Waals surface area contributed by atoms with Crippen molar-refractivity contribution in [2.24, 2.45) is 0 Å². The molecule has 0 aromatic rings. The van der Waals surface area contributed by atoms with Gasteiger partial charge in [0.2, 0.25) is 0 Å². The van der Waals surface area contributed by atoms with E-state index >= 15 is 0 Å². The summed E-state index contributed by atoms with van der Waals surface area (Å²) in [4.78, 5) is 9.61. The largest absolute Gasteiger partial charge is 1.00 e.